The Bertz CT molecular complexity index is 823. The zero-order valence-corrected chi connectivity index (χ0v) is 15.9. The minimum absolute atomic E-state index is 0.139. The lowest BCUT2D eigenvalue weighted by molar-refractivity contribution is 0.0693. The van der Waals surface area contributed by atoms with Crippen molar-refractivity contribution in [3.05, 3.63) is 46.4 Å². The van der Waals surface area contributed by atoms with Crippen molar-refractivity contribution in [2.45, 2.75) is 24.7 Å². The molecule has 0 bridgehead atoms. The van der Waals surface area contributed by atoms with Crippen LogP contribution in [0.4, 0.5) is 0 Å². The predicted molar refractivity (Wildman–Crippen MR) is 97.3 cm³/mol. The monoisotopic (exact) mass is 379 g/mol. The molecule has 2 heterocycles. The molecule has 6 nitrogen and oxygen atoms in total. The normalized spacial score (nSPS) is 16.4. The van der Waals surface area contributed by atoms with Crippen LogP contribution < -0.4 is 0 Å². The van der Waals surface area contributed by atoms with Crippen molar-refractivity contribution in [1.29, 1.82) is 0 Å². The van der Waals surface area contributed by atoms with E-state index in [0.717, 1.165) is 5.56 Å². The van der Waals surface area contributed by atoms with E-state index in [9.17, 15) is 13.2 Å². The molecule has 1 aromatic carbocycles. The maximum absolute atomic E-state index is 12.8. The van der Waals surface area contributed by atoms with Gasteiger partial charge >= 0.3 is 0 Å². The number of thiazole rings is 1. The summed E-state index contributed by atoms with van der Waals surface area (Å²) in [5.41, 5.74) is 3.15. The SMILES string of the molecule is CC(C)c1ccc(S(=O)(=O)N2CCN(C(=O)c3cscn3)CC2)cc1. The van der Waals surface area contributed by atoms with Crippen LogP contribution in [-0.2, 0) is 10.0 Å². The molecule has 1 aliphatic heterocycles. The van der Waals surface area contributed by atoms with Gasteiger partial charge in [0.1, 0.15) is 5.69 Å². The molecular formula is C17H21N3O3S2. The quantitative estimate of drug-likeness (QED) is 0.818. The van der Waals surface area contributed by atoms with Crippen LogP contribution in [0.1, 0.15) is 35.8 Å². The number of hydrogen-bond acceptors (Lipinski definition) is 5. The molecule has 1 saturated heterocycles. The van der Waals surface area contributed by atoms with Crippen molar-refractivity contribution < 1.29 is 13.2 Å². The van der Waals surface area contributed by atoms with Gasteiger partial charge in [0.05, 0.1) is 10.4 Å². The van der Waals surface area contributed by atoms with Gasteiger partial charge < -0.3 is 4.90 Å². The van der Waals surface area contributed by atoms with Crippen LogP contribution in [0.5, 0.6) is 0 Å². The molecular weight excluding hydrogens is 358 g/mol. The van der Waals surface area contributed by atoms with Gasteiger partial charge in [-0.25, -0.2) is 13.4 Å². The lowest BCUT2D eigenvalue weighted by atomic mass is 10.0. The molecule has 0 aliphatic carbocycles. The second-order valence-electron chi connectivity index (χ2n) is 6.29. The average Bonchev–Trinajstić information content (AvgIpc) is 3.16. The number of benzene rings is 1. The summed E-state index contributed by atoms with van der Waals surface area (Å²) < 4.78 is 27.0. The first kappa shape index (κ1) is 18.0. The number of rotatable bonds is 4. The minimum Gasteiger partial charge on any atom is -0.335 e. The highest BCUT2D eigenvalue weighted by molar-refractivity contribution is 7.89. The first-order chi connectivity index (χ1) is 11.9. The zero-order chi connectivity index (χ0) is 18.0. The van der Waals surface area contributed by atoms with Crippen LogP contribution in [0, 0.1) is 0 Å². The van der Waals surface area contributed by atoms with E-state index in [1.807, 2.05) is 12.1 Å². The first-order valence-corrected chi connectivity index (χ1v) is 10.6. The second kappa shape index (κ2) is 7.23. The summed E-state index contributed by atoms with van der Waals surface area (Å²) in [6.07, 6.45) is 0. The Balaban J connectivity index is 1.68. The van der Waals surface area contributed by atoms with Gasteiger partial charge in [0.25, 0.3) is 5.91 Å². The van der Waals surface area contributed by atoms with Crippen molar-refractivity contribution in [3.8, 4) is 0 Å². The molecule has 1 aromatic heterocycles. The summed E-state index contributed by atoms with van der Waals surface area (Å²) in [4.78, 5) is 18.3. The molecule has 0 spiro atoms. The van der Waals surface area contributed by atoms with E-state index in [2.05, 4.69) is 18.8 Å². The van der Waals surface area contributed by atoms with Crippen molar-refractivity contribution in [2.24, 2.45) is 0 Å². The Morgan fingerprint density at radius 2 is 1.76 bits per heavy atom. The van der Waals surface area contributed by atoms with Gasteiger partial charge in [-0.3, -0.25) is 4.79 Å². The fraction of sp³-hybridized carbons (Fsp3) is 0.412. The highest BCUT2D eigenvalue weighted by Crippen LogP contribution is 2.21. The fourth-order valence-corrected chi connectivity index (χ4v) is 4.73. The van der Waals surface area contributed by atoms with Gasteiger partial charge in [-0.2, -0.15) is 4.31 Å². The molecule has 0 atom stereocenters. The van der Waals surface area contributed by atoms with Crippen molar-refractivity contribution in [2.75, 3.05) is 26.2 Å². The van der Waals surface area contributed by atoms with Gasteiger partial charge in [0, 0.05) is 31.6 Å². The Labute approximate surface area is 152 Å². The van der Waals surface area contributed by atoms with Gasteiger partial charge in [0.2, 0.25) is 10.0 Å². The Morgan fingerprint density at radius 1 is 1.12 bits per heavy atom. The number of sulfonamides is 1. The van der Waals surface area contributed by atoms with Crippen LogP contribution in [-0.4, -0.2) is 54.7 Å². The number of piperazine rings is 1. The second-order valence-corrected chi connectivity index (χ2v) is 8.95. The molecule has 134 valence electrons. The highest BCUT2D eigenvalue weighted by Gasteiger charge is 2.30. The number of aromatic nitrogens is 1. The average molecular weight is 380 g/mol. The predicted octanol–water partition coefficient (Wildman–Crippen LogP) is 2.41. The van der Waals surface area contributed by atoms with E-state index in [1.54, 1.807) is 27.9 Å². The Morgan fingerprint density at radius 3 is 2.28 bits per heavy atom. The summed E-state index contributed by atoms with van der Waals surface area (Å²) >= 11 is 1.37. The molecule has 0 unspecified atom stereocenters. The third-order valence-electron chi connectivity index (χ3n) is 4.36. The first-order valence-electron chi connectivity index (χ1n) is 8.17. The molecule has 0 N–H and O–H groups in total. The third-order valence-corrected chi connectivity index (χ3v) is 6.86. The molecule has 0 radical (unpaired) electrons. The van der Waals surface area contributed by atoms with Gasteiger partial charge in [0.15, 0.2) is 0 Å². The Hall–Kier alpha value is -1.77. The number of carbonyl (C=O) groups is 1. The van der Waals surface area contributed by atoms with Gasteiger partial charge in [-0.05, 0) is 23.6 Å². The summed E-state index contributed by atoms with van der Waals surface area (Å²) in [7, 11) is -3.53. The van der Waals surface area contributed by atoms with E-state index in [4.69, 9.17) is 0 Å². The molecule has 8 heteroatoms. The third kappa shape index (κ3) is 3.75. The lowest BCUT2D eigenvalue weighted by Gasteiger charge is -2.33. The van der Waals surface area contributed by atoms with Crippen LogP contribution in [0.15, 0.2) is 40.1 Å². The topological polar surface area (TPSA) is 70.6 Å². The van der Waals surface area contributed by atoms with Gasteiger partial charge in [-0.15, -0.1) is 11.3 Å². The van der Waals surface area contributed by atoms with Crippen LogP contribution in [0.3, 0.4) is 0 Å². The largest absolute Gasteiger partial charge is 0.335 e. The molecule has 1 aliphatic rings. The van der Waals surface area contributed by atoms with Crippen molar-refractivity contribution in [3.63, 3.8) is 0 Å². The molecule has 2 aromatic rings. The maximum Gasteiger partial charge on any atom is 0.273 e. The number of carbonyl (C=O) groups excluding carboxylic acids is 1. The molecule has 0 saturated carbocycles. The number of amides is 1. The van der Waals surface area contributed by atoms with Crippen LogP contribution in [0.25, 0.3) is 0 Å². The standard InChI is InChI=1S/C17H21N3O3S2/c1-13(2)14-3-5-15(6-4-14)25(22,23)20-9-7-19(8-10-20)17(21)16-11-24-12-18-16/h3-6,11-13H,7-10H2,1-2H3. The number of hydrogen-bond donors (Lipinski definition) is 0. The van der Waals surface area contributed by atoms with E-state index >= 15 is 0 Å². The molecule has 1 amide bonds. The van der Waals surface area contributed by atoms with Crippen LogP contribution >= 0.6 is 11.3 Å². The van der Waals surface area contributed by atoms with E-state index in [0.29, 0.717) is 42.7 Å². The molecule has 1 fully saturated rings. The van der Waals surface area contributed by atoms with E-state index in [-0.39, 0.29) is 5.91 Å². The molecule has 3 rings (SSSR count). The summed E-state index contributed by atoms with van der Waals surface area (Å²) in [6, 6.07) is 7.05. The van der Waals surface area contributed by atoms with E-state index in [1.165, 1.54) is 15.6 Å². The fourth-order valence-electron chi connectivity index (χ4n) is 2.79. The van der Waals surface area contributed by atoms with Crippen molar-refractivity contribution in [1.82, 2.24) is 14.2 Å². The smallest absolute Gasteiger partial charge is 0.273 e. The number of nitrogens with zero attached hydrogens (tertiary/aromatic N) is 3. The minimum atomic E-state index is -3.53. The van der Waals surface area contributed by atoms with E-state index < -0.39 is 10.0 Å². The molecule has 25 heavy (non-hydrogen) atoms. The van der Waals surface area contributed by atoms with Crippen LogP contribution in [0.2, 0.25) is 0 Å². The van der Waals surface area contributed by atoms with Crippen molar-refractivity contribution >= 4 is 27.3 Å². The zero-order valence-electron chi connectivity index (χ0n) is 14.3. The highest BCUT2D eigenvalue weighted by atomic mass is 32.2. The maximum atomic E-state index is 12.8. The summed E-state index contributed by atoms with van der Waals surface area (Å²) in [5, 5.41) is 1.71. The Kier molecular flexibility index (Phi) is 5.21. The van der Waals surface area contributed by atoms with Gasteiger partial charge in [-0.1, -0.05) is 26.0 Å². The lowest BCUT2D eigenvalue weighted by Crippen LogP contribution is -2.50. The summed E-state index contributed by atoms with van der Waals surface area (Å²) in [5.74, 6) is 0.219. The summed E-state index contributed by atoms with van der Waals surface area (Å²) in [6.45, 7) is 5.48.